The van der Waals surface area contributed by atoms with Crippen LogP contribution in [0.5, 0.6) is 0 Å². The SMILES string of the molecule is CC(C)(C)[N+]#C[B-](c1c(F)c(F)c(F)c(F)c1F)(c1c(F)c(F)c(F)c(F)c1F)n1nc(C(C)(C)C)cc1C(C)(C)C. The minimum Gasteiger partial charge on any atom is -0.412 e. The highest BCUT2D eigenvalue weighted by atomic mass is 19.2. The summed E-state index contributed by atoms with van der Waals surface area (Å²) in [6.45, 7) is 13.6. The molecule has 0 N–H and O–H groups in total. The molecule has 3 rings (SSSR count). The van der Waals surface area contributed by atoms with Crippen LogP contribution in [0.3, 0.4) is 0 Å². The highest BCUT2D eigenvalue weighted by Gasteiger charge is 2.51. The van der Waals surface area contributed by atoms with E-state index < -0.39 is 91.7 Å². The molecule has 1 heterocycles. The maximum absolute atomic E-state index is 15.8. The number of rotatable bonds is 3. The molecule has 0 unspecified atom stereocenters. The maximum Gasteiger partial charge on any atom is 0.335 e. The molecule has 228 valence electrons. The highest BCUT2D eigenvalue weighted by molar-refractivity contribution is 7.06. The molecule has 0 radical (unpaired) electrons. The third-order valence-electron chi connectivity index (χ3n) is 6.55. The van der Waals surface area contributed by atoms with Gasteiger partial charge in [-0.15, -0.1) is 4.85 Å². The highest BCUT2D eigenvalue weighted by Crippen LogP contribution is 2.33. The van der Waals surface area contributed by atoms with E-state index in [1.165, 1.54) is 47.6 Å². The zero-order chi connectivity index (χ0) is 32.5. The molecule has 0 saturated carbocycles. The van der Waals surface area contributed by atoms with Crippen molar-refractivity contribution in [3.63, 3.8) is 0 Å². The van der Waals surface area contributed by atoms with E-state index in [9.17, 15) is 26.3 Å². The first-order valence-electron chi connectivity index (χ1n) is 12.7. The number of halogens is 10. The van der Waals surface area contributed by atoms with Crippen LogP contribution < -0.4 is 10.9 Å². The summed E-state index contributed by atoms with van der Waals surface area (Å²) >= 11 is 0. The molecule has 0 atom stereocenters. The van der Waals surface area contributed by atoms with Crippen molar-refractivity contribution in [2.45, 2.75) is 78.7 Å². The Labute approximate surface area is 236 Å². The second-order valence-corrected chi connectivity index (χ2v) is 13.1. The topological polar surface area (TPSA) is 22.2 Å². The first-order chi connectivity index (χ1) is 18.9. The lowest BCUT2D eigenvalue weighted by Gasteiger charge is -2.38. The van der Waals surface area contributed by atoms with Gasteiger partial charge in [-0.3, -0.25) is 0 Å². The van der Waals surface area contributed by atoms with Crippen LogP contribution in [0.25, 0.3) is 4.85 Å². The molecule has 0 bridgehead atoms. The van der Waals surface area contributed by atoms with Gasteiger partial charge in [0.2, 0.25) is 0 Å². The zero-order valence-electron chi connectivity index (χ0n) is 24.3. The average molecular weight is 607 g/mol. The summed E-state index contributed by atoms with van der Waals surface area (Å²) in [6, 6.07) is 1.34. The van der Waals surface area contributed by atoms with Crippen molar-refractivity contribution >= 4 is 17.2 Å². The molecule has 0 aliphatic heterocycles. The van der Waals surface area contributed by atoms with Gasteiger partial charge in [0.1, 0.15) is 23.3 Å². The summed E-state index contributed by atoms with van der Waals surface area (Å²) in [5, 5.41) is 4.28. The fourth-order valence-corrected chi connectivity index (χ4v) is 4.45. The van der Waals surface area contributed by atoms with Crippen molar-refractivity contribution < 1.29 is 43.9 Å². The molecule has 0 aliphatic rings. The van der Waals surface area contributed by atoms with Crippen molar-refractivity contribution in [3.05, 3.63) is 80.5 Å². The molecular weight excluding hydrogens is 579 g/mol. The molecule has 2 aromatic carbocycles. The van der Waals surface area contributed by atoms with Crippen molar-refractivity contribution in [3.8, 4) is 5.97 Å². The number of hydrogen-bond donors (Lipinski definition) is 0. The number of aromatic nitrogens is 2. The van der Waals surface area contributed by atoms with E-state index in [0.29, 0.717) is 4.59 Å². The van der Waals surface area contributed by atoms with Crippen LogP contribution in [0, 0.1) is 64.1 Å². The number of hydrogen-bond acceptors (Lipinski definition) is 1. The summed E-state index contributed by atoms with van der Waals surface area (Å²) in [5.74, 6) is -23.6. The second kappa shape index (κ2) is 10.3. The predicted octanol–water partition coefficient (Wildman–Crippen LogP) is 7.15. The Hall–Kier alpha value is -3.50. The van der Waals surface area contributed by atoms with E-state index in [0.717, 1.165) is 0 Å². The number of benzene rings is 2. The van der Waals surface area contributed by atoms with E-state index in [2.05, 4.69) is 15.9 Å². The van der Waals surface area contributed by atoms with Gasteiger partial charge in [-0.05, 0) is 11.5 Å². The molecule has 0 saturated heterocycles. The maximum atomic E-state index is 15.8. The molecule has 0 spiro atoms. The third-order valence-corrected chi connectivity index (χ3v) is 6.55. The van der Waals surface area contributed by atoms with Gasteiger partial charge < -0.3 is 4.59 Å². The third kappa shape index (κ3) is 5.26. The molecule has 42 heavy (non-hydrogen) atoms. The van der Waals surface area contributed by atoms with Gasteiger partial charge in [-0.1, -0.05) is 52.5 Å². The minimum absolute atomic E-state index is 0.0870. The summed E-state index contributed by atoms with van der Waals surface area (Å²) in [5.41, 5.74) is -7.32. The Balaban J connectivity index is 2.94. The van der Waals surface area contributed by atoms with E-state index >= 15 is 17.6 Å². The fraction of sp³-hybridized carbons (Fsp3) is 0.429. The molecule has 3 aromatic rings. The molecule has 0 fully saturated rings. The predicted molar refractivity (Wildman–Crippen MR) is 140 cm³/mol. The molecular formula is C28H28BF10N3. The Kier molecular flexibility index (Phi) is 8.13. The van der Waals surface area contributed by atoms with Gasteiger partial charge >= 0.3 is 6.28 Å². The van der Waals surface area contributed by atoms with Crippen LogP contribution in [0.15, 0.2) is 6.07 Å². The standard InChI is InChI=1S/C28H28BF10N3/c1-26(2,3)12-10-13(27(4,5)6)42(41-12)29(11-40-28(7,8)9,14-16(30)20(34)24(38)21(35)17(14)31)15-18(32)22(36)25(39)23(37)19(15)33/h10H,1-9H3. The first-order valence-corrected chi connectivity index (χ1v) is 12.7. The Morgan fingerprint density at radius 1 is 0.571 bits per heavy atom. The molecule has 0 amide bonds. The molecule has 0 aliphatic carbocycles. The van der Waals surface area contributed by atoms with E-state index in [1.54, 1.807) is 20.8 Å². The largest absolute Gasteiger partial charge is 0.412 e. The van der Waals surface area contributed by atoms with Gasteiger partial charge in [0, 0.05) is 31.9 Å². The number of nitrogens with zero attached hydrogens (tertiary/aromatic N) is 3. The van der Waals surface area contributed by atoms with Crippen LogP contribution >= 0.6 is 0 Å². The molecule has 1 aromatic heterocycles. The van der Waals surface area contributed by atoms with Crippen molar-refractivity contribution in [2.75, 3.05) is 0 Å². The smallest absolute Gasteiger partial charge is 0.335 e. The molecule has 14 heteroatoms. The van der Waals surface area contributed by atoms with Gasteiger partial charge in [-0.25, -0.2) is 49.0 Å². The normalized spacial score (nSPS) is 12.9. The quantitative estimate of drug-likeness (QED) is 0.134. The summed E-state index contributed by atoms with van der Waals surface area (Å²) in [4.78, 5) is 3.95. The lowest BCUT2D eigenvalue weighted by molar-refractivity contribution is 0.381. The summed E-state index contributed by atoms with van der Waals surface area (Å²) in [6.07, 6.45) is -4.72. The Bertz CT molecular complexity index is 1520. The van der Waals surface area contributed by atoms with E-state index in [4.69, 9.17) is 0 Å². The van der Waals surface area contributed by atoms with Crippen molar-refractivity contribution in [2.24, 2.45) is 0 Å². The lowest BCUT2D eigenvalue weighted by atomic mass is 9.28. The fourth-order valence-electron chi connectivity index (χ4n) is 4.45. The monoisotopic (exact) mass is 607 g/mol. The van der Waals surface area contributed by atoms with Crippen LogP contribution in [0.4, 0.5) is 43.9 Å². The summed E-state index contributed by atoms with van der Waals surface area (Å²) < 4.78 is 151. The van der Waals surface area contributed by atoms with Gasteiger partial charge in [0.25, 0.3) is 5.54 Å². The first kappa shape index (κ1) is 33.0. The van der Waals surface area contributed by atoms with E-state index in [-0.39, 0.29) is 11.4 Å². The average Bonchev–Trinajstić information content (AvgIpc) is 3.34. The van der Waals surface area contributed by atoms with E-state index in [1.807, 2.05) is 0 Å². The van der Waals surface area contributed by atoms with Crippen LogP contribution in [-0.2, 0) is 10.8 Å². The summed E-state index contributed by atoms with van der Waals surface area (Å²) in [7, 11) is 0. The van der Waals surface area contributed by atoms with Crippen LogP contribution in [-0.4, -0.2) is 21.5 Å². The Morgan fingerprint density at radius 2 is 0.905 bits per heavy atom. The van der Waals surface area contributed by atoms with Gasteiger partial charge in [-0.2, -0.15) is 0 Å². The second-order valence-electron chi connectivity index (χ2n) is 13.1. The van der Waals surface area contributed by atoms with Gasteiger partial charge in [0.05, 0.1) is 11.7 Å². The van der Waals surface area contributed by atoms with Crippen LogP contribution in [0.1, 0.15) is 73.7 Å². The molecule has 3 nitrogen and oxygen atoms in total. The lowest BCUT2D eigenvalue weighted by Crippen LogP contribution is -2.69. The Morgan fingerprint density at radius 3 is 1.19 bits per heavy atom. The van der Waals surface area contributed by atoms with Gasteiger partial charge in [0.15, 0.2) is 34.9 Å². The van der Waals surface area contributed by atoms with Crippen molar-refractivity contribution in [1.29, 1.82) is 0 Å². The minimum atomic E-state index is -4.72. The van der Waals surface area contributed by atoms with Crippen molar-refractivity contribution in [1.82, 2.24) is 9.69 Å². The van der Waals surface area contributed by atoms with Crippen LogP contribution in [0.2, 0.25) is 0 Å². The zero-order valence-corrected chi connectivity index (χ0v) is 24.3.